The van der Waals surface area contributed by atoms with Crippen molar-refractivity contribution in [2.75, 3.05) is 0 Å². The Labute approximate surface area is 124 Å². The number of hydrogen-bond donors (Lipinski definition) is 2. The van der Waals surface area contributed by atoms with Crippen molar-refractivity contribution in [3.8, 4) is 0 Å². The second kappa shape index (κ2) is 7.07. The van der Waals surface area contributed by atoms with Crippen LogP contribution in [0.15, 0.2) is 41.5 Å². The van der Waals surface area contributed by atoms with E-state index in [2.05, 4.69) is 0 Å². The zero-order valence-electron chi connectivity index (χ0n) is 11.9. The summed E-state index contributed by atoms with van der Waals surface area (Å²) < 4.78 is 0. The summed E-state index contributed by atoms with van der Waals surface area (Å²) in [7, 11) is 0. The molecule has 0 unspecified atom stereocenters. The van der Waals surface area contributed by atoms with Crippen LogP contribution in [0, 0.1) is 5.92 Å². The third-order valence-corrected chi connectivity index (χ3v) is 4.05. The van der Waals surface area contributed by atoms with Crippen molar-refractivity contribution >= 4 is 11.9 Å². The van der Waals surface area contributed by atoms with E-state index in [0.29, 0.717) is 0 Å². The molecule has 112 valence electrons. The fourth-order valence-electron chi connectivity index (χ4n) is 3.03. The largest absolute Gasteiger partial charge is 0.478 e. The quantitative estimate of drug-likeness (QED) is 0.815. The lowest BCUT2D eigenvalue weighted by molar-refractivity contribution is -0.136. The average Bonchev–Trinajstić information content (AvgIpc) is 2.48. The summed E-state index contributed by atoms with van der Waals surface area (Å²) in [4.78, 5) is 23.2. The molecule has 1 aromatic carbocycles. The first-order valence-electron chi connectivity index (χ1n) is 7.33. The number of carbonyl (C=O) groups is 2. The highest BCUT2D eigenvalue weighted by Gasteiger charge is 2.29. The number of carboxylic acids is 2. The highest BCUT2D eigenvalue weighted by atomic mass is 16.4. The summed E-state index contributed by atoms with van der Waals surface area (Å²) in [6.45, 7) is 0. The van der Waals surface area contributed by atoms with Gasteiger partial charge in [-0.05, 0) is 24.3 Å². The molecule has 2 rings (SSSR count). The Morgan fingerprint density at radius 1 is 0.952 bits per heavy atom. The van der Waals surface area contributed by atoms with E-state index in [1.54, 1.807) is 0 Å². The second-order valence-electron chi connectivity index (χ2n) is 5.50. The van der Waals surface area contributed by atoms with E-state index in [1.807, 2.05) is 30.3 Å². The molecule has 4 heteroatoms. The van der Waals surface area contributed by atoms with Crippen LogP contribution in [0.1, 0.15) is 37.7 Å². The van der Waals surface area contributed by atoms with Gasteiger partial charge in [0, 0.05) is 6.42 Å². The molecule has 0 saturated heterocycles. The summed E-state index contributed by atoms with van der Waals surface area (Å²) in [6.07, 6.45) is 4.75. The molecule has 21 heavy (non-hydrogen) atoms. The molecule has 0 aromatic heterocycles. The molecule has 1 fully saturated rings. The van der Waals surface area contributed by atoms with Crippen LogP contribution in [0.2, 0.25) is 0 Å². The monoisotopic (exact) mass is 288 g/mol. The first-order chi connectivity index (χ1) is 10.1. The molecule has 1 saturated carbocycles. The summed E-state index contributed by atoms with van der Waals surface area (Å²) in [5.74, 6) is -2.34. The van der Waals surface area contributed by atoms with Crippen molar-refractivity contribution in [3.63, 3.8) is 0 Å². The van der Waals surface area contributed by atoms with E-state index in [1.165, 1.54) is 0 Å². The standard InChI is InChI=1S/C17H20O4/c18-16(19)14(11-12-7-3-1-4-8-12)15(17(20)21)13-9-5-2-6-10-13/h1,3-4,7-8,13H,2,5-6,9-11H2,(H,18,19)(H,20,21)/b15-14+. The molecular formula is C17H20O4. The molecular weight excluding hydrogens is 268 g/mol. The number of benzene rings is 1. The van der Waals surface area contributed by atoms with Crippen LogP contribution in [0.25, 0.3) is 0 Å². The molecule has 4 nitrogen and oxygen atoms in total. The first kappa shape index (κ1) is 15.3. The summed E-state index contributed by atoms with van der Waals surface area (Å²) >= 11 is 0. The van der Waals surface area contributed by atoms with Gasteiger partial charge in [0.25, 0.3) is 0 Å². The Hall–Kier alpha value is -2.10. The van der Waals surface area contributed by atoms with E-state index in [-0.39, 0.29) is 23.5 Å². The Balaban J connectivity index is 2.37. The van der Waals surface area contributed by atoms with Crippen LogP contribution >= 0.6 is 0 Å². The Kier molecular flexibility index (Phi) is 5.14. The zero-order chi connectivity index (χ0) is 15.2. The number of hydrogen-bond acceptors (Lipinski definition) is 2. The first-order valence-corrected chi connectivity index (χ1v) is 7.33. The lowest BCUT2D eigenvalue weighted by Crippen LogP contribution is -2.22. The SMILES string of the molecule is O=C(O)/C(Cc1ccccc1)=C(/C(=O)O)C1CCCCC1. The minimum absolute atomic E-state index is 0.0283. The van der Waals surface area contributed by atoms with E-state index in [4.69, 9.17) is 0 Å². The van der Waals surface area contributed by atoms with Gasteiger partial charge in [-0.15, -0.1) is 0 Å². The van der Waals surface area contributed by atoms with E-state index >= 15 is 0 Å². The minimum Gasteiger partial charge on any atom is -0.478 e. The molecule has 0 aliphatic heterocycles. The van der Waals surface area contributed by atoms with E-state index < -0.39 is 11.9 Å². The predicted octanol–water partition coefficient (Wildman–Crippen LogP) is 3.28. The fourth-order valence-corrected chi connectivity index (χ4v) is 3.03. The lowest BCUT2D eigenvalue weighted by Gasteiger charge is -2.24. The minimum atomic E-state index is -1.12. The van der Waals surface area contributed by atoms with Crippen LogP contribution in [-0.2, 0) is 16.0 Å². The van der Waals surface area contributed by atoms with Gasteiger partial charge in [-0.3, -0.25) is 0 Å². The van der Waals surface area contributed by atoms with Gasteiger partial charge in [0.05, 0.1) is 11.1 Å². The number of rotatable bonds is 5. The van der Waals surface area contributed by atoms with Gasteiger partial charge < -0.3 is 10.2 Å². The molecule has 2 N–H and O–H groups in total. The topological polar surface area (TPSA) is 74.6 Å². The summed E-state index contributed by atoms with van der Waals surface area (Å²) in [5.41, 5.74) is 0.955. The number of aliphatic carboxylic acids is 2. The summed E-state index contributed by atoms with van der Waals surface area (Å²) in [5, 5.41) is 19.0. The molecule has 0 heterocycles. The van der Waals surface area contributed by atoms with E-state index in [0.717, 1.165) is 37.7 Å². The Morgan fingerprint density at radius 2 is 1.57 bits per heavy atom. The van der Waals surface area contributed by atoms with Crippen molar-refractivity contribution in [2.45, 2.75) is 38.5 Å². The van der Waals surface area contributed by atoms with Gasteiger partial charge in [0.15, 0.2) is 0 Å². The molecule has 0 atom stereocenters. The molecule has 0 spiro atoms. The molecule has 0 bridgehead atoms. The van der Waals surface area contributed by atoms with E-state index in [9.17, 15) is 19.8 Å². The normalized spacial score (nSPS) is 17.1. The molecule has 1 aliphatic rings. The average molecular weight is 288 g/mol. The maximum Gasteiger partial charge on any atom is 0.332 e. The van der Waals surface area contributed by atoms with Crippen LogP contribution in [0.4, 0.5) is 0 Å². The van der Waals surface area contributed by atoms with Gasteiger partial charge in [-0.1, -0.05) is 49.6 Å². The molecule has 0 amide bonds. The maximum absolute atomic E-state index is 11.6. The van der Waals surface area contributed by atoms with Crippen molar-refractivity contribution < 1.29 is 19.8 Å². The van der Waals surface area contributed by atoms with Gasteiger partial charge in [0.1, 0.15) is 0 Å². The third-order valence-electron chi connectivity index (χ3n) is 4.05. The van der Waals surface area contributed by atoms with Gasteiger partial charge in [-0.25, -0.2) is 9.59 Å². The van der Waals surface area contributed by atoms with Crippen molar-refractivity contribution in [2.24, 2.45) is 5.92 Å². The van der Waals surface area contributed by atoms with Gasteiger partial charge in [-0.2, -0.15) is 0 Å². The Morgan fingerprint density at radius 3 is 2.10 bits per heavy atom. The predicted molar refractivity (Wildman–Crippen MR) is 79.0 cm³/mol. The van der Waals surface area contributed by atoms with Crippen molar-refractivity contribution in [1.29, 1.82) is 0 Å². The van der Waals surface area contributed by atoms with Crippen LogP contribution in [0.5, 0.6) is 0 Å². The van der Waals surface area contributed by atoms with Crippen molar-refractivity contribution in [3.05, 3.63) is 47.0 Å². The smallest absolute Gasteiger partial charge is 0.332 e. The third kappa shape index (κ3) is 3.94. The highest BCUT2D eigenvalue weighted by molar-refractivity contribution is 5.99. The van der Waals surface area contributed by atoms with Gasteiger partial charge >= 0.3 is 11.9 Å². The fraction of sp³-hybridized carbons (Fsp3) is 0.412. The molecule has 1 aromatic rings. The van der Waals surface area contributed by atoms with Crippen LogP contribution in [0.3, 0.4) is 0 Å². The maximum atomic E-state index is 11.6. The number of carboxylic acid groups (broad SMARTS) is 2. The van der Waals surface area contributed by atoms with Gasteiger partial charge in [0.2, 0.25) is 0 Å². The lowest BCUT2D eigenvalue weighted by atomic mass is 9.80. The highest BCUT2D eigenvalue weighted by Crippen LogP contribution is 2.32. The van der Waals surface area contributed by atoms with Crippen LogP contribution < -0.4 is 0 Å². The Bertz CT molecular complexity index is 539. The zero-order valence-corrected chi connectivity index (χ0v) is 11.9. The second-order valence-corrected chi connectivity index (χ2v) is 5.50. The molecule has 1 aliphatic carbocycles. The molecule has 0 radical (unpaired) electrons. The van der Waals surface area contributed by atoms with Crippen LogP contribution in [-0.4, -0.2) is 22.2 Å². The summed E-state index contributed by atoms with van der Waals surface area (Å²) in [6, 6.07) is 9.16. The van der Waals surface area contributed by atoms with Crippen molar-refractivity contribution in [1.82, 2.24) is 0 Å².